The Morgan fingerprint density at radius 3 is 2.81 bits per heavy atom. The summed E-state index contributed by atoms with van der Waals surface area (Å²) in [6.07, 6.45) is 5.75. The van der Waals surface area contributed by atoms with E-state index in [4.69, 9.17) is 0 Å². The van der Waals surface area contributed by atoms with Crippen LogP contribution in [0.4, 0.5) is 0 Å². The molecule has 5 nitrogen and oxygen atoms in total. The molecule has 4 rings (SSSR count). The van der Waals surface area contributed by atoms with E-state index in [0.717, 1.165) is 30.4 Å². The Labute approximate surface area is 152 Å². The van der Waals surface area contributed by atoms with Gasteiger partial charge < -0.3 is 5.11 Å². The number of benzene rings is 1. The molecular formula is C21H21N3O2. The van der Waals surface area contributed by atoms with Gasteiger partial charge in [-0.25, -0.2) is 4.98 Å². The molecule has 0 amide bonds. The largest absolute Gasteiger partial charge is 0.508 e. The Hall–Kier alpha value is -2.95. The molecule has 26 heavy (non-hydrogen) atoms. The summed E-state index contributed by atoms with van der Waals surface area (Å²) >= 11 is 0. The molecule has 1 N–H and O–H groups in total. The predicted molar refractivity (Wildman–Crippen MR) is 100.0 cm³/mol. The normalized spacial score (nSPS) is 16.3. The number of aromatic hydroxyl groups is 1. The van der Waals surface area contributed by atoms with E-state index in [1.807, 2.05) is 0 Å². The second-order valence-corrected chi connectivity index (χ2v) is 7.04. The first-order chi connectivity index (χ1) is 12.5. The van der Waals surface area contributed by atoms with Crippen LogP contribution in [-0.4, -0.2) is 19.9 Å². The summed E-state index contributed by atoms with van der Waals surface area (Å²) in [5.41, 5.74) is 5.63. The van der Waals surface area contributed by atoms with E-state index in [1.54, 1.807) is 6.20 Å². The fourth-order valence-corrected chi connectivity index (χ4v) is 3.89. The van der Waals surface area contributed by atoms with Crippen LogP contribution in [0.15, 0.2) is 47.5 Å². The first kappa shape index (κ1) is 16.5. The van der Waals surface area contributed by atoms with Gasteiger partial charge in [0, 0.05) is 17.8 Å². The van der Waals surface area contributed by atoms with Crippen LogP contribution in [0.2, 0.25) is 0 Å². The van der Waals surface area contributed by atoms with E-state index >= 15 is 0 Å². The van der Waals surface area contributed by atoms with Crippen LogP contribution in [0, 0.1) is 13.8 Å². The van der Waals surface area contributed by atoms with Crippen LogP contribution in [0.3, 0.4) is 0 Å². The standard InChI is InChI=1S/C21H21N3O2/c1-13-3-5-18(14(2)9-13)15-4-6-19-16(10-15)12-23-24(21(19)26)20-11-17(25)7-8-22-20/h3,5,7-9,11-12,15H,4,6,10H2,1-2H3,(H,22,25). The van der Waals surface area contributed by atoms with E-state index in [1.165, 1.54) is 39.7 Å². The van der Waals surface area contributed by atoms with Gasteiger partial charge in [-0.15, -0.1) is 0 Å². The molecule has 5 heteroatoms. The van der Waals surface area contributed by atoms with Crippen LogP contribution in [0.1, 0.15) is 40.2 Å². The smallest absolute Gasteiger partial charge is 0.276 e. The molecule has 0 spiro atoms. The van der Waals surface area contributed by atoms with Crippen molar-refractivity contribution in [2.75, 3.05) is 0 Å². The molecule has 1 atom stereocenters. The van der Waals surface area contributed by atoms with Crippen molar-refractivity contribution in [1.29, 1.82) is 0 Å². The summed E-state index contributed by atoms with van der Waals surface area (Å²) in [6.45, 7) is 4.26. The van der Waals surface area contributed by atoms with Gasteiger partial charge in [0.1, 0.15) is 5.75 Å². The van der Waals surface area contributed by atoms with Crippen LogP contribution in [0.5, 0.6) is 5.75 Å². The highest BCUT2D eigenvalue weighted by Crippen LogP contribution is 2.33. The molecule has 0 saturated carbocycles. The summed E-state index contributed by atoms with van der Waals surface area (Å²) in [4.78, 5) is 17.0. The van der Waals surface area contributed by atoms with Crippen LogP contribution in [0.25, 0.3) is 5.82 Å². The zero-order valence-electron chi connectivity index (χ0n) is 14.9. The molecule has 0 fully saturated rings. The Morgan fingerprint density at radius 2 is 2.04 bits per heavy atom. The van der Waals surface area contributed by atoms with Crippen LogP contribution < -0.4 is 5.56 Å². The maximum atomic E-state index is 12.9. The van der Waals surface area contributed by atoms with Crippen molar-refractivity contribution in [3.05, 3.63) is 80.9 Å². The van der Waals surface area contributed by atoms with E-state index in [0.29, 0.717) is 11.7 Å². The van der Waals surface area contributed by atoms with E-state index < -0.39 is 0 Å². The number of rotatable bonds is 2. The van der Waals surface area contributed by atoms with Crippen molar-refractivity contribution < 1.29 is 5.11 Å². The Balaban J connectivity index is 1.69. The van der Waals surface area contributed by atoms with Gasteiger partial charge in [-0.2, -0.15) is 9.78 Å². The van der Waals surface area contributed by atoms with E-state index in [2.05, 4.69) is 42.1 Å². The monoisotopic (exact) mass is 347 g/mol. The zero-order valence-corrected chi connectivity index (χ0v) is 14.9. The molecule has 2 aromatic heterocycles. The summed E-state index contributed by atoms with van der Waals surface area (Å²) < 4.78 is 1.27. The third-order valence-electron chi connectivity index (χ3n) is 5.19. The SMILES string of the molecule is Cc1ccc(C2CCc3c(cnn(-c4cc(O)ccn4)c3=O)C2)c(C)c1. The van der Waals surface area contributed by atoms with Crippen molar-refractivity contribution in [1.82, 2.24) is 14.8 Å². The van der Waals surface area contributed by atoms with Gasteiger partial charge in [0.15, 0.2) is 5.82 Å². The Morgan fingerprint density at radius 1 is 1.19 bits per heavy atom. The number of pyridine rings is 1. The summed E-state index contributed by atoms with van der Waals surface area (Å²) in [5, 5.41) is 13.9. The minimum Gasteiger partial charge on any atom is -0.508 e. The fraction of sp³-hybridized carbons (Fsp3) is 0.286. The van der Waals surface area contributed by atoms with Gasteiger partial charge in [-0.3, -0.25) is 4.79 Å². The summed E-state index contributed by atoms with van der Waals surface area (Å²) in [7, 11) is 0. The second-order valence-electron chi connectivity index (χ2n) is 7.04. The van der Waals surface area contributed by atoms with Gasteiger partial charge in [-0.05, 0) is 61.8 Å². The molecule has 1 aliphatic carbocycles. The Kier molecular flexibility index (Phi) is 4.07. The Bertz CT molecular complexity index is 1040. The number of aromatic nitrogens is 3. The molecule has 0 saturated heterocycles. The summed E-state index contributed by atoms with van der Waals surface area (Å²) in [5.74, 6) is 0.824. The second kappa shape index (κ2) is 6.41. The molecule has 2 heterocycles. The average Bonchev–Trinajstić information content (AvgIpc) is 2.62. The van der Waals surface area contributed by atoms with Crippen molar-refractivity contribution in [2.24, 2.45) is 0 Å². The predicted octanol–water partition coefficient (Wildman–Crippen LogP) is 3.22. The number of aryl methyl sites for hydroxylation is 2. The van der Waals surface area contributed by atoms with Crippen LogP contribution in [-0.2, 0) is 12.8 Å². The first-order valence-electron chi connectivity index (χ1n) is 8.85. The molecule has 0 radical (unpaired) electrons. The third-order valence-corrected chi connectivity index (χ3v) is 5.19. The first-order valence-corrected chi connectivity index (χ1v) is 8.85. The summed E-state index contributed by atoms with van der Waals surface area (Å²) in [6, 6.07) is 9.51. The van der Waals surface area contributed by atoms with Gasteiger partial charge >= 0.3 is 0 Å². The molecule has 3 aromatic rings. The molecule has 1 aromatic carbocycles. The zero-order chi connectivity index (χ0) is 18.3. The van der Waals surface area contributed by atoms with Crippen molar-refractivity contribution in [2.45, 2.75) is 39.0 Å². The van der Waals surface area contributed by atoms with Gasteiger partial charge in [-0.1, -0.05) is 23.8 Å². The number of nitrogens with zero attached hydrogens (tertiary/aromatic N) is 3. The minimum atomic E-state index is -0.139. The van der Waals surface area contributed by atoms with E-state index in [9.17, 15) is 9.90 Å². The quantitative estimate of drug-likeness (QED) is 0.773. The molecule has 1 aliphatic rings. The average molecular weight is 347 g/mol. The van der Waals surface area contributed by atoms with Crippen molar-refractivity contribution in [3.63, 3.8) is 0 Å². The lowest BCUT2D eigenvalue weighted by atomic mass is 9.79. The third kappa shape index (κ3) is 2.90. The highest BCUT2D eigenvalue weighted by Gasteiger charge is 2.25. The molecule has 1 unspecified atom stereocenters. The molecular weight excluding hydrogens is 326 g/mol. The number of fused-ring (bicyclic) bond motifs is 1. The van der Waals surface area contributed by atoms with Crippen molar-refractivity contribution >= 4 is 0 Å². The lowest BCUT2D eigenvalue weighted by Crippen LogP contribution is -2.30. The molecule has 0 bridgehead atoms. The number of hydrogen-bond acceptors (Lipinski definition) is 4. The minimum absolute atomic E-state index is 0.0660. The maximum Gasteiger partial charge on any atom is 0.276 e. The number of hydrogen-bond donors (Lipinski definition) is 1. The fourth-order valence-electron chi connectivity index (χ4n) is 3.89. The topological polar surface area (TPSA) is 68.0 Å². The lowest BCUT2D eigenvalue weighted by Gasteiger charge is -2.26. The van der Waals surface area contributed by atoms with Crippen molar-refractivity contribution in [3.8, 4) is 11.6 Å². The maximum absolute atomic E-state index is 12.9. The van der Waals surface area contributed by atoms with Gasteiger partial charge in [0.2, 0.25) is 0 Å². The van der Waals surface area contributed by atoms with Gasteiger partial charge in [0.25, 0.3) is 5.56 Å². The van der Waals surface area contributed by atoms with Gasteiger partial charge in [0.05, 0.1) is 6.20 Å². The highest BCUT2D eigenvalue weighted by molar-refractivity contribution is 5.38. The van der Waals surface area contributed by atoms with E-state index in [-0.39, 0.29) is 11.3 Å². The lowest BCUT2D eigenvalue weighted by molar-refractivity contribution is 0.473. The highest BCUT2D eigenvalue weighted by atomic mass is 16.3. The molecule has 0 aliphatic heterocycles. The van der Waals surface area contributed by atoms with Crippen LogP contribution >= 0.6 is 0 Å². The molecule has 132 valence electrons.